The predicted octanol–water partition coefficient (Wildman–Crippen LogP) is 8.78. The largest absolute Gasteiger partial charge is 0.243 e. The minimum atomic E-state index is -0.383. The summed E-state index contributed by atoms with van der Waals surface area (Å²) in [5.41, 5.74) is 5.78. The molecule has 0 saturated heterocycles. The third-order valence-corrected chi connectivity index (χ3v) is 9.19. The van der Waals surface area contributed by atoms with E-state index >= 15 is 0 Å². The Morgan fingerprint density at radius 2 is 1.15 bits per heavy atom. The van der Waals surface area contributed by atoms with Gasteiger partial charge in [-0.05, 0) is 53.3 Å². The van der Waals surface area contributed by atoms with Crippen LogP contribution in [0.2, 0.25) is 0 Å². The van der Waals surface area contributed by atoms with Gasteiger partial charge in [0.05, 0.1) is 16.1 Å². The van der Waals surface area contributed by atoms with Crippen molar-refractivity contribution in [3.05, 3.63) is 138 Å². The van der Waals surface area contributed by atoms with Crippen molar-refractivity contribution in [1.29, 1.82) is 0 Å². The molecule has 0 fully saturated rings. The van der Waals surface area contributed by atoms with Gasteiger partial charge in [-0.25, -0.2) is 9.36 Å². The first kappa shape index (κ1) is 28.3. The lowest BCUT2D eigenvalue weighted by Crippen LogP contribution is -2.23. The normalized spacial score (nSPS) is 12.1. The SMILES string of the molecule is CC(C)c1ccn(C(c2ccccc2SCCC(S)(c2ccccc2)c2ccccc2)n2ccc(C(C)C)n2)n1. The van der Waals surface area contributed by atoms with E-state index in [1.54, 1.807) is 0 Å². The number of rotatable bonds is 11. The van der Waals surface area contributed by atoms with Crippen LogP contribution in [0, 0.1) is 0 Å². The van der Waals surface area contributed by atoms with Crippen molar-refractivity contribution in [2.24, 2.45) is 0 Å². The lowest BCUT2D eigenvalue weighted by atomic mass is 9.88. The predicted molar refractivity (Wildman–Crippen MR) is 171 cm³/mol. The highest BCUT2D eigenvalue weighted by molar-refractivity contribution is 7.99. The van der Waals surface area contributed by atoms with Crippen LogP contribution in [0.25, 0.3) is 0 Å². The second-order valence-corrected chi connectivity index (χ2v) is 12.8. The maximum Gasteiger partial charge on any atom is 0.169 e. The molecule has 2 heterocycles. The molecule has 0 bridgehead atoms. The van der Waals surface area contributed by atoms with Crippen molar-refractivity contribution in [3.8, 4) is 0 Å². The lowest BCUT2D eigenvalue weighted by molar-refractivity contribution is 0.406. The van der Waals surface area contributed by atoms with Crippen LogP contribution in [0.15, 0.2) is 114 Å². The first-order valence-corrected chi connectivity index (χ1v) is 15.5. The van der Waals surface area contributed by atoms with Gasteiger partial charge in [-0.1, -0.05) is 107 Å². The summed E-state index contributed by atoms with van der Waals surface area (Å²) in [6, 6.07) is 34.2. The number of hydrogen-bond acceptors (Lipinski definition) is 4. The van der Waals surface area contributed by atoms with Crippen molar-refractivity contribution in [2.75, 3.05) is 5.75 Å². The molecule has 0 aliphatic rings. The fraction of sp³-hybridized carbons (Fsp3) is 0.294. The smallest absolute Gasteiger partial charge is 0.169 e. The van der Waals surface area contributed by atoms with Crippen molar-refractivity contribution in [3.63, 3.8) is 0 Å². The summed E-state index contributed by atoms with van der Waals surface area (Å²) in [5, 5.41) is 9.98. The van der Waals surface area contributed by atoms with Crippen molar-refractivity contribution in [1.82, 2.24) is 19.6 Å². The number of benzene rings is 3. The van der Waals surface area contributed by atoms with E-state index in [1.165, 1.54) is 21.6 Å². The molecule has 0 saturated carbocycles. The van der Waals surface area contributed by atoms with Gasteiger partial charge in [0, 0.05) is 22.9 Å². The summed E-state index contributed by atoms with van der Waals surface area (Å²) in [6.45, 7) is 8.72. The lowest BCUT2D eigenvalue weighted by Gasteiger charge is -2.30. The molecule has 3 aromatic carbocycles. The van der Waals surface area contributed by atoms with Gasteiger partial charge in [-0.15, -0.1) is 11.8 Å². The molecule has 0 atom stereocenters. The second kappa shape index (κ2) is 12.5. The van der Waals surface area contributed by atoms with E-state index in [4.69, 9.17) is 22.8 Å². The Morgan fingerprint density at radius 1 is 0.675 bits per heavy atom. The summed E-state index contributed by atoms with van der Waals surface area (Å²) in [4.78, 5) is 1.23. The fourth-order valence-corrected chi connectivity index (χ4v) is 6.72. The van der Waals surface area contributed by atoms with E-state index in [1.807, 2.05) is 11.8 Å². The maximum absolute atomic E-state index is 5.33. The van der Waals surface area contributed by atoms with Crippen LogP contribution in [0.3, 0.4) is 0 Å². The average Bonchev–Trinajstić information content (AvgIpc) is 3.66. The van der Waals surface area contributed by atoms with Gasteiger partial charge in [0.25, 0.3) is 0 Å². The van der Waals surface area contributed by atoms with E-state index in [2.05, 4.69) is 147 Å². The summed E-state index contributed by atoms with van der Waals surface area (Å²) in [5.74, 6) is 1.62. The van der Waals surface area contributed by atoms with Gasteiger partial charge in [-0.3, -0.25) is 0 Å². The molecule has 206 valence electrons. The van der Waals surface area contributed by atoms with Crippen LogP contribution in [0.4, 0.5) is 0 Å². The molecule has 2 aromatic heterocycles. The molecule has 5 rings (SSSR count). The van der Waals surface area contributed by atoms with Crippen LogP contribution >= 0.6 is 24.4 Å². The summed E-state index contributed by atoms with van der Waals surface area (Å²) >= 11 is 7.20. The summed E-state index contributed by atoms with van der Waals surface area (Å²) in [6.07, 6.45) is 4.88. The fourth-order valence-electron chi connectivity index (χ4n) is 5.02. The topological polar surface area (TPSA) is 35.6 Å². The number of thioether (sulfide) groups is 1. The Labute approximate surface area is 248 Å². The van der Waals surface area contributed by atoms with Crippen LogP contribution in [-0.4, -0.2) is 25.3 Å². The van der Waals surface area contributed by atoms with Crippen LogP contribution in [-0.2, 0) is 4.75 Å². The van der Waals surface area contributed by atoms with Gasteiger partial charge in [0.15, 0.2) is 6.17 Å². The van der Waals surface area contributed by atoms with Gasteiger partial charge < -0.3 is 0 Å². The van der Waals surface area contributed by atoms with Crippen LogP contribution in [0.5, 0.6) is 0 Å². The molecular weight excluding hydrogens is 529 g/mol. The molecule has 0 aliphatic carbocycles. The average molecular weight is 567 g/mol. The molecule has 0 N–H and O–H groups in total. The highest BCUT2D eigenvalue weighted by Gasteiger charge is 2.30. The maximum atomic E-state index is 5.33. The van der Waals surface area contributed by atoms with E-state index in [-0.39, 0.29) is 10.9 Å². The highest BCUT2D eigenvalue weighted by Crippen LogP contribution is 2.42. The molecule has 6 heteroatoms. The number of thiol groups is 1. The van der Waals surface area contributed by atoms with E-state index in [0.717, 1.165) is 23.6 Å². The number of nitrogens with zero attached hydrogens (tertiary/aromatic N) is 4. The monoisotopic (exact) mass is 566 g/mol. The Balaban J connectivity index is 1.47. The first-order valence-electron chi connectivity index (χ1n) is 14.0. The Bertz CT molecular complexity index is 1420. The third-order valence-electron chi connectivity index (χ3n) is 7.36. The first-order chi connectivity index (χ1) is 19.4. The molecular formula is C34H38N4S2. The van der Waals surface area contributed by atoms with Crippen molar-refractivity contribution >= 4 is 24.4 Å². The Hall–Kier alpha value is -3.22. The van der Waals surface area contributed by atoms with Gasteiger partial charge in [0.1, 0.15) is 0 Å². The highest BCUT2D eigenvalue weighted by atomic mass is 32.2. The third kappa shape index (κ3) is 6.08. The molecule has 40 heavy (non-hydrogen) atoms. The molecule has 0 radical (unpaired) electrons. The summed E-state index contributed by atoms with van der Waals surface area (Å²) < 4.78 is 3.73. The molecule has 4 nitrogen and oxygen atoms in total. The van der Waals surface area contributed by atoms with Gasteiger partial charge in [-0.2, -0.15) is 22.8 Å². The van der Waals surface area contributed by atoms with Gasteiger partial charge in [0.2, 0.25) is 0 Å². The standard InChI is InChI=1S/C34H38N4S2/c1-25(2)30-19-22-37(35-30)33(38-23-20-31(36-38)26(3)4)29-17-11-12-18-32(29)40-24-21-34(39,27-13-7-5-8-14-27)28-15-9-6-10-16-28/h5-20,22-23,25-26,33,39H,21,24H2,1-4H3. The van der Waals surface area contributed by atoms with E-state index in [9.17, 15) is 0 Å². The zero-order valence-corrected chi connectivity index (χ0v) is 25.4. The van der Waals surface area contributed by atoms with E-state index < -0.39 is 0 Å². The number of hydrogen-bond donors (Lipinski definition) is 1. The summed E-state index contributed by atoms with van der Waals surface area (Å²) in [7, 11) is 0. The minimum Gasteiger partial charge on any atom is -0.243 e. The minimum absolute atomic E-state index is 0.173. The number of aromatic nitrogens is 4. The Morgan fingerprint density at radius 3 is 1.62 bits per heavy atom. The second-order valence-electron chi connectivity index (χ2n) is 10.9. The van der Waals surface area contributed by atoms with Gasteiger partial charge >= 0.3 is 0 Å². The molecule has 0 amide bonds. The Kier molecular flexibility index (Phi) is 8.87. The van der Waals surface area contributed by atoms with Crippen molar-refractivity contribution in [2.45, 2.75) is 61.8 Å². The molecule has 0 spiro atoms. The quantitative estimate of drug-likeness (QED) is 0.128. The zero-order chi connectivity index (χ0) is 28.1. The zero-order valence-electron chi connectivity index (χ0n) is 23.7. The van der Waals surface area contributed by atoms with Crippen molar-refractivity contribution < 1.29 is 0 Å². The van der Waals surface area contributed by atoms with E-state index in [0.29, 0.717) is 11.8 Å². The van der Waals surface area contributed by atoms with Crippen LogP contribution < -0.4 is 0 Å². The molecule has 5 aromatic rings. The van der Waals surface area contributed by atoms with Crippen LogP contribution in [0.1, 0.15) is 80.2 Å². The molecule has 0 aliphatic heterocycles. The molecule has 0 unspecified atom stereocenters.